The molecule has 1 N–H and O–H groups in total. The van der Waals surface area contributed by atoms with Gasteiger partial charge in [0.05, 0.1) is 10.8 Å². The molecule has 3 aromatic carbocycles. The summed E-state index contributed by atoms with van der Waals surface area (Å²) in [7, 11) is 0. The molecule has 0 atom stereocenters. The first-order chi connectivity index (χ1) is 14.8. The molecule has 164 valence electrons. The van der Waals surface area contributed by atoms with Gasteiger partial charge in [-0.25, -0.2) is 8.78 Å². The zero-order chi connectivity index (χ0) is 22.3. The van der Waals surface area contributed by atoms with Crippen molar-refractivity contribution in [2.75, 3.05) is 18.8 Å². The highest BCUT2D eigenvalue weighted by Gasteiger charge is 2.30. The fourth-order valence-corrected chi connectivity index (χ4v) is 4.37. The van der Waals surface area contributed by atoms with Crippen LogP contribution < -0.4 is 5.32 Å². The van der Waals surface area contributed by atoms with Gasteiger partial charge in [0.25, 0.3) is 0 Å². The van der Waals surface area contributed by atoms with Gasteiger partial charge in [0, 0.05) is 12.3 Å². The van der Waals surface area contributed by atoms with Crippen LogP contribution in [0, 0.1) is 11.6 Å². The zero-order valence-corrected chi connectivity index (χ0v) is 17.4. The van der Waals surface area contributed by atoms with Gasteiger partial charge in [-0.05, 0) is 60.0 Å². The number of halogens is 5. The third kappa shape index (κ3) is 7.08. The highest BCUT2D eigenvalue weighted by Crippen LogP contribution is 2.35. The summed E-state index contributed by atoms with van der Waals surface area (Å²) in [5, 5.41) is 3.17. The monoisotopic (exact) mass is 451 g/mol. The van der Waals surface area contributed by atoms with Gasteiger partial charge in [0.15, 0.2) is 0 Å². The van der Waals surface area contributed by atoms with Gasteiger partial charge < -0.3 is 5.32 Å². The molecule has 0 spiro atoms. The predicted octanol–water partition coefficient (Wildman–Crippen LogP) is 6.64. The predicted molar refractivity (Wildman–Crippen MR) is 115 cm³/mol. The lowest BCUT2D eigenvalue weighted by Crippen LogP contribution is -2.20. The Labute approximate surface area is 182 Å². The quantitative estimate of drug-likeness (QED) is 0.289. The van der Waals surface area contributed by atoms with Crippen LogP contribution in [0.3, 0.4) is 0 Å². The van der Waals surface area contributed by atoms with Gasteiger partial charge in [-0.1, -0.05) is 42.5 Å². The summed E-state index contributed by atoms with van der Waals surface area (Å²) in [6.45, 7) is 1.21. The largest absolute Gasteiger partial charge is 0.416 e. The molecule has 0 amide bonds. The third-order valence-electron chi connectivity index (χ3n) is 4.75. The van der Waals surface area contributed by atoms with Crippen LogP contribution >= 0.6 is 11.8 Å². The molecule has 31 heavy (non-hydrogen) atoms. The van der Waals surface area contributed by atoms with Crippen LogP contribution in [-0.4, -0.2) is 18.8 Å². The van der Waals surface area contributed by atoms with Crippen molar-refractivity contribution < 1.29 is 22.0 Å². The van der Waals surface area contributed by atoms with Gasteiger partial charge in [0.2, 0.25) is 0 Å². The van der Waals surface area contributed by atoms with Crippen molar-refractivity contribution in [1.29, 1.82) is 0 Å². The van der Waals surface area contributed by atoms with Gasteiger partial charge in [-0.2, -0.15) is 13.2 Å². The van der Waals surface area contributed by atoms with Gasteiger partial charge in [0.1, 0.15) is 11.6 Å². The van der Waals surface area contributed by atoms with E-state index in [1.165, 1.54) is 36.4 Å². The van der Waals surface area contributed by atoms with E-state index in [4.69, 9.17) is 0 Å². The number of benzene rings is 3. The summed E-state index contributed by atoms with van der Waals surface area (Å²) in [6, 6.07) is 17.8. The fourth-order valence-electron chi connectivity index (χ4n) is 3.17. The summed E-state index contributed by atoms with van der Waals surface area (Å²) in [5.74, 6) is 0.0906. The van der Waals surface area contributed by atoms with Crippen molar-refractivity contribution in [3.63, 3.8) is 0 Å². The molecule has 0 saturated carbocycles. The normalized spacial score (nSPS) is 11.8. The summed E-state index contributed by atoms with van der Waals surface area (Å²) >= 11 is 1.64. The first kappa shape index (κ1) is 23.3. The van der Waals surface area contributed by atoms with Crippen LogP contribution in [0.15, 0.2) is 72.8 Å². The summed E-state index contributed by atoms with van der Waals surface area (Å²) < 4.78 is 65.0. The van der Waals surface area contributed by atoms with Crippen LogP contribution in [0.2, 0.25) is 0 Å². The highest BCUT2D eigenvalue weighted by molar-refractivity contribution is 7.99. The molecule has 3 rings (SSSR count). The molecule has 0 saturated heterocycles. The van der Waals surface area contributed by atoms with Gasteiger partial charge >= 0.3 is 6.18 Å². The maximum Gasteiger partial charge on any atom is 0.416 e. The number of nitrogens with one attached hydrogen (secondary N) is 1. The van der Waals surface area contributed by atoms with Crippen LogP contribution in [0.4, 0.5) is 22.0 Å². The molecule has 0 heterocycles. The molecular formula is C24H22F5NS. The molecule has 0 aliphatic carbocycles. The molecule has 7 heteroatoms. The summed E-state index contributed by atoms with van der Waals surface area (Å²) in [4.78, 5) is 0. The van der Waals surface area contributed by atoms with Crippen molar-refractivity contribution in [2.45, 2.75) is 17.8 Å². The number of thioether (sulfide) groups is 1. The van der Waals surface area contributed by atoms with E-state index < -0.39 is 11.7 Å². The van der Waals surface area contributed by atoms with Crippen LogP contribution in [-0.2, 0) is 12.6 Å². The topological polar surface area (TPSA) is 12.0 Å². The van der Waals surface area contributed by atoms with Crippen molar-refractivity contribution in [3.8, 4) is 0 Å². The fraction of sp³-hybridized carbons (Fsp3) is 0.250. The van der Waals surface area contributed by atoms with Crippen molar-refractivity contribution >= 4 is 11.8 Å². The maximum absolute atomic E-state index is 13.3. The third-order valence-corrected chi connectivity index (χ3v) is 6.07. The lowest BCUT2D eigenvalue weighted by atomic mass is 10.0. The highest BCUT2D eigenvalue weighted by atomic mass is 32.2. The zero-order valence-electron chi connectivity index (χ0n) is 16.6. The Morgan fingerprint density at radius 1 is 0.774 bits per heavy atom. The Bertz CT molecular complexity index is 909. The van der Waals surface area contributed by atoms with Crippen molar-refractivity contribution in [2.24, 2.45) is 0 Å². The number of rotatable bonds is 9. The van der Waals surface area contributed by atoms with E-state index in [-0.39, 0.29) is 16.9 Å². The number of hydrogen-bond acceptors (Lipinski definition) is 2. The maximum atomic E-state index is 13.3. The van der Waals surface area contributed by atoms with E-state index in [0.29, 0.717) is 25.1 Å². The minimum Gasteiger partial charge on any atom is -0.316 e. The second-order valence-corrected chi connectivity index (χ2v) is 8.27. The van der Waals surface area contributed by atoms with E-state index in [2.05, 4.69) is 5.32 Å². The lowest BCUT2D eigenvalue weighted by molar-refractivity contribution is -0.137. The molecule has 0 aliphatic heterocycles. The lowest BCUT2D eigenvalue weighted by Gasteiger charge is -2.18. The van der Waals surface area contributed by atoms with Gasteiger partial charge in [-0.3, -0.25) is 0 Å². The van der Waals surface area contributed by atoms with E-state index in [1.807, 2.05) is 0 Å². The Kier molecular flexibility index (Phi) is 8.09. The smallest absolute Gasteiger partial charge is 0.316 e. The number of alkyl halides is 3. The minimum absolute atomic E-state index is 0.0773. The van der Waals surface area contributed by atoms with E-state index in [1.54, 1.807) is 42.1 Å². The summed E-state index contributed by atoms with van der Waals surface area (Å²) in [5.41, 5.74) is 1.83. The molecule has 0 unspecified atom stereocenters. The number of hydrogen-bond donors (Lipinski definition) is 1. The SMILES string of the molecule is Fc1ccc(C(SCCNCCc2cccc(C(F)(F)F)c2)c2ccc(F)cc2)cc1. The first-order valence-corrected chi connectivity index (χ1v) is 10.9. The van der Waals surface area contributed by atoms with Crippen LogP contribution in [0.25, 0.3) is 0 Å². The Morgan fingerprint density at radius 2 is 1.35 bits per heavy atom. The first-order valence-electron chi connectivity index (χ1n) is 9.82. The van der Waals surface area contributed by atoms with Crippen molar-refractivity contribution in [1.82, 2.24) is 5.32 Å². The Balaban J connectivity index is 1.52. The van der Waals surface area contributed by atoms with Gasteiger partial charge in [-0.15, -0.1) is 11.8 Å². The molecule has 1 nitrogen and oxygen atoms in total. The van der Waals surface area contributed by atoms with E-state index in [9.17, 15) is 22.0 Å². The summed E-state index contributed by atoms with van der Waals surface area (Å²) in [6.07, 6.45) is -3.84. The Morgan fingerprint density at radius 3 is 1.90 bits per heavy atom. The molecule has 0 aromatic heterocycles. The van der Waals surface area contributed by atoms with E-state index in [0.717, 1.165) is 22.9 Å². The van der Waals surface area contributed by atoms with Crippen LogP contribution in [0.5, 0.6) is 0 Å². The molecule has 0 bridgehead atoms. The molecular weight excluding hydrogens is 429 g/mol. The van der Waals surface area contributed by atoms with E-state index >= 15 is 0 Å². The van der Waals surface area contributed by atoms with Crippen molar-refractivity contribution in [3.05, 3.63) is 107 Å². The molecule has 0 radical (unpaired) electrons. The molecule has 0 fully saturated rings. The average Bonchev–Trinajstić information content (AvgIpc) is 2.75. The van der Waals surface area contributed by atoms with Crippen LogP contribution in [0.1, 0.15) is 27.5 Å². The second-order valence-electron chi connectivity index (χ2n) is 7.05. The molecule has 0 aliphatic rings. The molecule has 3 aromatic rings. The minimum atomic E-state index is -4.34. The standard InChI is InChI=1S/C24H22F5NS/c25-21-8-4-18(5-9-21)23(19-6-10-22(26)11-7-19)31-15-14-30-13-12-17-2-1-3-20(16-17)24(27,28)29/h1-11,16,23,30H,12-15H2. The second kappa shape index (κ2) is 10.8. The Hall–Kier alpha value is -2.38. The average molecular weight is 452 g/mol.